The molecule has 4 aliphatic carbocycles. The zero-order chi connectivity index (χ0) is 23.1. The van der Waals surface area contributed by atoms with Gasteiger partial charge in [-0.05, 0) is 92.9 Å². The molecule has 1 aromatic carbocycles. The van der Waals surface area contributed by atoms with Crippen LogP contribution >= 0.6 is 11.8 Å². The SMILES string of the molecule is CC(NC(=O)CSc1nnc(-c2ccncc2)n1-c1ccccc1)C12CC3CC(CC(C3)C1)C2. The highest BCUT2D eigenvalue weighted by Crippen LogP contribution is 2.61. The van der Waals surface area contributed by atoms with Crippen LogP contribution in [0.1, 0.15) is 45.4 Å². The Balaban J connectivity index is 1.17. The fourth-order valence-electron chi connectivity index (χ4n) is 7.14. The Morgan fingerprint density at radius 3 is 2.32 bits per heavy atom. The fraction of sp³-hybridized carbons (Fsp3) is 0.481. The lowest BCUT2D eigenvalue weighted by atomic mass is 9.48. The van der Waals surface area contributed by atoms with E-state index in [-0.39, 0.29) is 11.9 Å². The molecule has 0 radical (unpaired) electrons. The van der Waals surface area contributed by atoms with E-state index >= 15 is 0 Å². The van der Waals surface area contributed by atoms with Crippen LogP contribution in [0.3, 0.4) is 0 Å². The molecule has 4 fully saturated rings. The maximum atomic E-state index is 13.0. The molecule has 0 spiro atoms. The number of carbonyl (C=O) groups excluding carboxylic acids is 1. The molecular weight excluding hydrogens is 442 g/mol. The normalized spacial score (nSPS) is 28.1. The van der Waals surface area contributed by atoms with Gasteiger partial charge in [-0.2, -0.15) is 0 Å². The molecule has 2 aromatic heterocycles. The van der Waals surface area contributed by atoms with Gasteiger partial charge in [0, 0.05) is 29.7 Å². The lowest BCUT2D eigenvalue weighted by Gasteiger charge is -2.59. The molecule has 2 heterocycles. The Bertz CT molecular complexity index is 1130. The van der Waals surface area contributed by atoms with Gasteiger partial charge in [-0.1, -0.05) is 30.0 Å². The van der Waals surface area contributed by atoms with Gasteiger partial charge in [0.25, 0.3) is 0 Å². The first-order valence-corrected chi connectivity index (χ1v) is 13.4. The second kappa shape index (κ2) is 8.84. The minimum atomic E-state index is 0.0846. The fourth-order valence-corrected chi connectivity index (χ4v) is 7.90. The third-order valence-electron chi connectivity index (χ3n) is 8.30. The van der Waals surface area contributed by atoms with E-state index in [0.29, 0.717) is 11.2 Å². The average molecular weight is 474 g/mol. The number of nitrogens with one attached hydrogen (secondary N) is 1. The minimum absolute atomic E-state index is 0.0846. The van der Waals surface area contributed by atoms with Crippen molar-refractivity contribution in [1.29, 1.82) is 0 Å². The Kier molecular flexibility index (Phi) is 5.68. The number of thioether (sulfide) groups is 1. The first kappa shape index (κ1) is 21.8. The Morgan fingerprint density at radius 2 is 1.68 bits per heavy atom. The van der Waals surface area contributed by atoms with Crippen molar-refractivity contribution in [1.82, 2.24) is 25.1 Å². The number of benzene rings is 1. The molecule has 4 aliphatic rings. The van der Waals surface area contributed by atoms with Crippen molar-refractivity contribution >= 4 is 17.7 Å². The van der Waals surface area contributed by atoms with Gasteiger partial charge in [-0.15, -0.1) is 10.2 Å². The second-order valence-corrected chi connectivity index (χ2v) is 11.5. The average Bonchev–Trinajstić information content (AvgIpc) is 3.27. The van der Waals surface area contributed by atoms with E-state index < -0.39 is 0 Å². The number of amides is 1. The number of nitrogens with zero attached hydrogens (tertiary/aromatic N) is 4. The van der Waals surface area contributed by atoms with Crippen LogP contribution in [-0.2, 0) is 4.79 Å². The first-order valence-electron chi connectivity index (χ1n) is 12.4. The van der Waals surface area contributed by atoms with Crippen LogP contribution in [0.15, 0.2) is 60.0 Å². The maximum absolute atomic E-state index is 13.0. The van der Waals surface area contributed by atoms with Crippen LogP contribution in [-0.4, -0.2) is 37.5 Å². The number of carbonyl (C=O) groups is 1. The lowest BCUT2D eigenvalue weighted by Crippen LogP contribution is -2.56. The van der Waals surface area contributed by atoms with Crippen LogP contribution in [0.2, 0.25) is 0 Å². The predicted molar refractivity (Wildman–Crippen MR) is 134 cm³/mol. The van der Waals surface area contributed by atoms with E-state index in [2.05, 4.69) is 27.4 Å². The van der Waals surface area contributed by atoms with Crippen molar-refractivity contribution in [2.75, 3.05) is 5.75 Å². The summed E-state index contributed by atoms with van der Waals surface area (Å²) in [5, 5.41) is 13.0. The summed E-state index contributed by atoms with van der Waals surface area (Å²) in [4.78, 5) is 17.2. The number of aromatic nitrogens is 4. The third kappa shape index (κ3) is 4.04. The highest BCUT2D eigenvalue weighted by molar-refractivity contribution is 7.99. The van der Waals surface area contributed by atoms with Gasteiger partial charge in [-0.3, -0.25) is 14.3 Å². The van der Waals surface area contributed by atoms with Gasteiger partial charge < -0.3 is 5.32 Å². The highest BCUT2D eigenvalue weighted by atomic mass is 32.2. The van der Waals surface area contributed by atoms with Gasteiger partial charge >= 0.3 is 0 Å². The summed E-state index contributed by atoms with van der Waals surface area (Å²) in [6.07, 6.45) is 11.7. The molecule has 0 saturated heterocycles. The number of hydrogen-bond donors (Lipinski definition) is 1. The van der Waals surface area contributed by atoms with Gasteiger partial charge in [0.1, 0.15) is 0 Å². The van der Waals surface area contributed by atoms with Crippen molar-refractivity contribution in [3.05, 3.63) is 54.9 Å². The van der Waals surface area contributed by atoms with Gasteiger partial charge in [0.05, 0.1) is 5.75 Å². The molecule has 1 amide bonds. The third-order valence-corrected chi connectivity index (χ3v) is 9.23. The lowest BCUT2D eigenvalue weighted by molar-refractivity contribution is -0.123. The molecule has 1 unspecified atom stereocenters. The van der Waals surface area contributed by atoms with Crippen LogP contribution in [0.5, 0.6) is 0 Å². The predicted octanol–water partition coefficient (Wildman–Crippen LogP) is 5.14. The molecule has 7 rings (SSSR count). The molecule has 34 heavy (non-hydrogen) atoms. The second-order valence-electron chi connectivity index (χ2n) is 10.6. The summed E-state index contributed by atoms with van der Waals surface area (Å²) in [7, 11) is 0. The number of hydrogen-bond acceptors (Lipinski definition) is 5. The standard InChI is InChI=1S/C27H31N5OS/c1-18(27-14-19-11-20(15-27)13-21(12-19)16-27)29-24(33)17-34-26-31-30-25(22-7-9-28-10-8-22)32(26)23-5-3-2-4-6-23/h2-10,18-21H,11-17H2,1H3,(H,29,33). The van der Waals surface area contributed by atoms with Gasteiger partial charge in [-0.25, -0.2) is 0 Å². The van der Waals surface area contributed by atoms with E-state index in [9.17, 15) is 4.79 Å². The summed E-state index contributed by atoms with van der Waals surface area (Å²) in [5.74, 6) is 3.82. The van der Waals surface area contributed by atoms with Crippen molar-refractivity contribution in [3.8, 4) is 17.1 Å². The Hall–Kier alpha value is -2.67. The molecule has 7 heteroatoms. The summed E-state index contributed by atoms with van der Waals surface area (Å²) in [6.45, 7) is 2.24. The van der Waals surface area contributed by atoms with Crippen LogP contribution in [0, 0.1) is 23.2 Å². The number of rotatable bonds is 7. The summed E-state index contributed by atoms with van der Waals surface area (Å²) in [5.41, 5.74) is 2.23. The smallest absolute Gasteiger partial charge is 0.230 e. The van der Waals surface area contributed by atoms with E-state index in [4.69, 9.17) is 0 Å². The van der Waals surface area contributed by atoms with Crippen molar-refractivity contribution < 1.29 is 4.79 Å². The topological polar surface area (TPSA) is 72.7 Å². The molecule has 176 valence electrons. The zero-order valence-corrected chi connectivity index (χ0v) is 20.4. The van der Waals surface area contributed by atoms with Gasteiger partial charge in [0.2, 0.25) is 5.91 Å². The quantitative estimate of drug-likeness (QED) is 0.481. The van der Waals surface area contributed by atoms with Crippen molar-refractivity contribution in [3.63, 3.8) is 0 Å². The zero-order valence-electron chi connectivity index (χ0n) is 19.6. The largest absolute Gasteiger partial charge is 0.352 e. The van der Waals surface area contributed by atoms with Crippen LogP contribution in [0.4, 0.5) is 0 Å². The maximum Gasteiger partial charge on any atom is 0.230 e. The monoisotopic (exact) mass is 473 g/mol. The molecular formula is C27H31N5OS. The first-order chi connectivity index (χ1) is 16.6. The van der Waals surface area contributed by atoms with E-state index in [1.165, 1.54) is 50.3 Å². The Morgan fingerprint density at radius 1 is 1.03 bits per heavy atom. The summed E-state index contributed by atoms with van der Waals surface area (Å²) >= 11 is 1.45. The van der Waals surface area contributed by atoms with Crippen molar-refractivity contribution in [2.45, 2.75) is 56.6 Å². The molecule has 3 aromatic rings. The minimum Gasteiger partial charge on any atom is -0.352 e. The summed E-state index contributed by atoms with van der Waals surface area (Å²) in [6, 6.07) is 14.1. The molecule has 4 saturated carbocycles. The van der Waals surface area contributed by atoms with Crippen LogP contribution in [0.25, 0.3) is 17.1 Å². The van der Waals surface area contributed by atoms with Crippen LogP contribution < -0.4 is 5.32 Å². The number of para-hydroxylation sites is 1. The summed E-state index contributed by atoms with van der Waals surface area (Å²) < 4.78 is 2.02. The van der Waals surface area contributed by atoms with Gasteiger partial charge in [0.15, 0.2) is 11.0 Å². The van der Waals surface area contributed by atoms with E-state index in [0.717, 1.165) is 40.0 Å². The molecule has 6 nitrogen and oxygen atoms in total. The molecule has 1 atom stereocenters. The van der Waals surface area contributed by atoms with Crippen molar-refractivity contribution in [2.24, 2.45) is 23.2 Å². The Labute approximate surface area is 205 Å². The molecule has 1 N–H and O–H groups in total. The highest BCUT2D eigenvalue weighted by Gasteiger charge is 2.53. The molecule has 0 aliphatic heterocycles. The number of pyridine rings is 1. The van der Waals surface area contributed by atoms with E-state index in [1.807, 2.05) is 47.0 Å². The molecule has 4 bridgehead atoms. The van der Waals surface area contributed by atoms with E-state index in [1.54, 1.807) is 12.4 Å².